The molecule has 0 radical (unpaired) electrons. The smallest absolute Gasteiger partial charge is 0.291 e. The van der Waals surface area contributed by atoms with Crippen LogP contribution in [-0.2, 0) is 6.54 Å². The number of amides is 1. The van der Waals surface area contributed by atoms with Crippen LogP contribution >= 0.6 is 0 Å². The SMILES string of the molecule is O=C(NCc1ccccc1)c1occc(=O)c1O. The Morgan fingerprint density at radius 2 is 1.94 bits per heavy atom. The topological polar surface area (TPSA) is 79.5 Å². The molecule has 1 aromatic carbocycles. The molecule has 0 aliphatic rings. The number of carbonyl (C=O) groups is 1. The van der Waals surface area contributed by atoms with Crippen molar-refractivity contribution in [2.45, 2.75) is 6.54 Å². The van der Waals surface area contributed by atoms with Crippen molar-refractivity contribution < 1.29 is 14.3 Å². The van der Waals surface area contributed by atoms with E-state index in [0.717, 1.165) is 17.9 Å². The first kappa shape index (κ1) is 11.9. The molecular weight excluding hydrogens is 234 g/mol. The zero-order valence-corrected chi connectivity index (χ0v) is 9.42. The van der Waals surface area contributed by atoms with E-state index in [2.05, 4.69) is 5.32 Å². The highest BCUT2D eigenvalue weighted by molar-refractivity contribution is 5.93. The number of carbonyl (C=O) groups excluding carboxylic acids is 1. The van der Waals surface area contributed by atoms with Gasteiger partial charge in [-0.3, -0.25) is 9.59 Å². The van der Waals surface area contributed by atoms with Gasteiger partial charge in [0, 0.05) is 12.6 Å². The van der Waals surface area contributed by atoms with Crippen molar-refractivity contribution in [2.24, 2.45) is 0 Å². The molecule has 5 nitrogen and oxygen atoms in total. The summed E-state index contributed by atoms with van der Waals surface area (Å²) < 4.78 is 4.83. The van der Waals surface area contributed by atoms with Crippen LogP contribution in [-0.4, -0.2) is 11.0 Å². The van der Waals surface area contributed by atoms with E-state index in [1.165, 1.54) is 0 Å². The predicted octanol–water partition coefficient (Wildman–Crippen LogP) is 1.28. The Morgan fingerprint density at radius 1 is 1.22 bits per heavy atom. The minimum atomic E-state index is -0.678. The number of hydrogen-bond acceptors (Lipinski definition) is 4. The lowest BCUT2D eigenvalue weighted by Gasteiger charge is -2.05. The molecule has 0 spiro atoms. The molecule has 0 aliphatic heterocycles. The maximum atomic E-state index is 11.7. The lowest BCUT2D eigenvalue weighted by molar-refractivity contribution is 0.0915. The van der Waals surface area contributed by atoms with Gasteiger partial charge in [-0.15, -0.1) is 0 Å². The van der Waals surface area contributed by atoms with Crippen molar-refractivity contribution in [3.63, 3.8) is 0 Å². The summed E-state index contributed by atoms with van der Waals surface area (Å²) in [5.41, 5.74) is 0.259. The summed E-state index contributed by atoms with van der Waals surface area (Å²) in [6.45, 7) is 0.289. The molecule has 0 fully saturated rings. The number of rotatable bonds is 3. The lowest BCUT2D eigenvalue weighted by atomic mass is 10.2. The molecule has 5 heteroatoms. The largest absolute Gasteiger partial charge is 0.501 e. The van der Waals surface area contributed by atoms with Gasteiger partial charge >= 0.3 is 0 Å². The van der Waals surface area contributed by atoms with Gasteiger partial charge in [-0.05, 0) is 5.56 Å². The number of benzene rings is 1. The van der Waals surface area contributed by atoms with Gasteiger partial charge in [-0.2, -0.15) is 0 Å². The third-order valence-corrected chi connectivity index (χ3v) is 2.36. The monoisotopic (exact) mass is 245 g/mol. The average Bonchev–Trinajstić information content (AvgIpc) is 2.40. The fourth-order valence-electron chi connectivity index (χ4n) is 1.43. The first-order chi connectivity index (χ1) is 8.68. The minimum absolute atomic E-state index is 0.289. The maximum absolute atomic E-state index is 11.7. The van der Waals surface area contributed by atoms with Gasteiger partial charge in [0.05, 0.1) is 6.26 Å². The predicted molar refractivity (Wildman–Crippen MR) is 64.3 cm³/mol. The van der Waals surface area contributed by atoms with E-state index in [-0.39, 0.29) is 12.3 Å². The summed E-state index contributed by atoms with van der Waals surface area (Å²) in [5, 5.41) is 11.9. The Morgan fingerprint density at radius 3 is 2.67 bits per heavy atom. The second-order valence-electron chi connectivity index (χ2n) is 3.63. The van der Waals surface area contributed by atoms with Crippen LogP contribution in [0.25, 0.3) is 0 Å². The standard InChI is InChI=1S/C13H11NO4/c15-10-6-7-18-12(11(10)16)13(17)14-8-9-4-2-1-3-5-9/h1-7,16H,8H2,(H,14,17). The summed E-state index contributed by atoms with van der Waals surface area (Å²) in [5.74, 6) is -1.68. The van der Waals surface area contributed by atoms with Crippen LogP contribution in [0.15, 0.2) is 51.9 Å². The van der Waals surface area contributed by atoms with Crippen LogP contribution in [0.4, 0.5) is 0 Å². The number of nitrogens with one attached hydrogen (secondary N) is 1. The maximum Gasteiger partial charge on any atom is 0.291 e. The summed E-state index contributed by atoms with van der Waals surface area (Å²) in [6, 6.07) is 10.3. The minimum Gasteiger partial charge on any atom is -0.501 e. The molecule has 0 bridgehead atoms. The summed E-state index contributed by atoms with van der Waals surface area (Å²) >= 11 is 0. The second kappa shape index (κ2) is 5.18. The number of hydrogen-bond donors (Lipinski definition) is 2. The number of aromatic hydroxyl groups is 1. The van der Waals surface area contributed by atoms with Crippen molar-refractivity contribution in [2.75, 3.05) is 0 Å². The molecule has 0 aliphatic carbocycles. The fraction of sp³-hybridized carbons (Fsp3) is 0.0769. The average molecular weight is 245 g/mol. The molecule has 0 saturated carbocycles. The highest BCUT2D eigenvalue weighted by Crippen LogP contribution is 2.10. The summed E-state index contributed by atoms with van der Waals surface area (Å²) in [4.78, 5) is 22.8. The van der Waals surface area contributed by atoms with E-state index in [0.29, 0.717) is 0 Å². The first-order valence-electron chi connectivity index (χ1n) is 5.31. The van der Waals surface area contributed by atoms with Crippen molar-refractivity contribution >= 4 is 5.91 Å². The fourth-order valence-corrected chi connectivity index (χ4v) is 1.43. The van der Waals surface area contributed by atoms with E-state index in [4.69, 9.17) is 4.42 Å². The highest BCUT2D eigenvalue weighted by Gasteiger charge is 2.15. The summed E-state index contributed by atoms with van der Waals surface area (Å²) in [7, 11) is 0. The molecule has 1 heterocycles. The van der Waals surface area contributed by atoms with Gasteiger partial charge < -0.3 is 14.8 Å². The van der Waals surface area contributed by atoms with Crippen LogP contribution < -0.4 is 10.7 Å². The second-order valence-corrected chi connectivity index (χ2v) is 3.63. The van der Waals surface area contributed by atoms with Crippen LogP contribution in [0.2, 0.25) is 0 Å². The van der Waals surface area contributed by atoms with Crippen molar-refractivity contribution in [1.82, 2.24) is 5.32 Å². The molecule has 1 aromatic heterocycles. The molecule has 18 heavy (non-hydrogen) atoms. The third-order valence-electron chi connectivity index (χ3n) is 2.36. The lowest BCUT2D eigenvalue weighted by Crippen LogP contribution is -2.24. The van der Waals surface area contributed by atoms with Gasteiger partial charge in [-0.25, -0.2) is 0 Å². The molecular formula is C13H11NO4. The molecule has 0 unspecified atom stereocenters. The van der Waals surface area contributed by atoms with Crippen LogP contribution in [0.5, 0.6) is 5.75 Å². The molecule has 0 saturated heterocycles. The van der Waals surface area contributed by atoms with Crippen molar-refractivity contribution in [1.29, 1.82) is 0 Å². The zero-order valence-electron chi connectivity index (χ0n) is 9.42. The molecule has 92 valence electrons. The Kier molecular flexibility index (Phi) is 3.43. The van der Waals surface area contributed by atoms with Gasteiger partial charge in [0.25, 0.3) is 5.91 Å². The highest BCUT2D eigenvalue weighted by atomic mass is 16.4. The molecule has 0 atom stereocenters. The van der Waals surface area contributed by atoms with E-state index in [1.54, 1.807) is 0 Å². The quantitative estimate of drug-likeness (QED) is 0.853. The van der Waals surface area contributed by atoms with E-state index in [9.17, 15) is 14.7 Å². The van der Waals surface area contributed by atoms with Crippen LogP contribution in [0.1, 0.15) is 16.1 Å². The van der Waals surface area contributed by atoms with Gasteiger partial charge in [0.15, 0.2) is 0 Å². The Hall–Kier alpha value is -2.56. The van der Waals surface area contributed by atoms with Crippen LogP contribution in [0.3, 0.4) is 0 Å². The van der Waals surface area contributed by atoms with Crippen molar-refractivity contribution in [3.8, 4) is 5.75 Å². The Bertz CT molecular complexity index is 604. The van der Waals surface area contributed by atoms with Crippen molar-refractivity contribution in [3.05, 3.63) is 64.2 Å². The van der Waals surface area contributed by atoms with Gasteiger partial charge in [0.1, 0.15) is 0 Å². The molecule has 1 amide bonds. The normalized spacial score (nSPS) is 10.0. The van der Waals surface area contributed by atoms with E-state index < -0.39 is 17.1 Å². The first-order valence-corrected chi connectivity index (χ1v) is 5.31. The molecule has 2 N–H and O–H groups in total. The Balaban J connectivity index is 2.09. The van der Waals surface area contributed by atoms with Gasteiger partial charge in [0.2, 0.25) is 16.9 Å². The zero-order chi connectivity index (χ0) is 13.0. The van der Waals surface area contributed by atoms with Crippen LogP contribution in [0, 0.1) is 0 Å². The van der Waals surface area contributed by atoms with E-state index in [1.807, 2.05) is 30.3 Å². The van der Waals surface area contributed by atoms with Gasteiger partial charge in [-0.1, -0.05) is 30.3 Å². The molecule has 2 rings (SSSR count). The third kappa shape index (κ3) is 2.57. The van der Waals surface area contributed by atoms with E-state index >= 15 is 0 Å². The summed E-state index contributed by atoms with van der Waals surface area (Å²) in [6.07, 6.45) is 1.07. The molecule has 2 aromatic rings. The Labute approximate surface area is 103 Å².